The lowest BCUT2D eigenvalue weighted by Gasteiger charge is -2.15. The van der Waals surface area contributed by atoms with Crippen molar-refractivity contribution in [3.63, 3.8) is 0 Å². The monoisotopic (exact) mass is 300 g/mol. The Bertz CT molecular complexity index is 637. The number of primary sulfonamides is 1. The van der Waals surface area contributed by atoms with Crippen LogP contribution in [0.5, 0.6) is 11.5 Å². The number of hydrogen-bond donors (Lipinski definition) is 2. The first-order valence-electron chi connectivity index (χ1n) is 5.97. The van der Waals surface area contributed by atoms with Crippen LogP contribution in [-0.4, -0.2) is 34.6 Å². The van der Waals surface area contributed by atoms with E-state index in [1.807, 2.05) is 0 Å². The van der Waals surface area contributed by atoms with Crippen LogP contribution in [0.4, 0.5) is 0 Å². The summed E-state index contributed by atoms with van der Waals surface area (Å²) >= 11 is 0. The standard InChI is InChI=1S/C12H16N2O5S/c1-18-8-5-6-9(20(13,16)17)11(19-2)10(8)12(15)14-7-3-4-7/h5-7H,3-4H2,1-2H3,(H,14,15)(H2,13,16,17). The minimum absolute atomic E-state index is 0.0356. The Morgan fingerprint density at radius 3 is 2.40 bits per heavy atom. The third-order valence-corrected chi connectivity index (χ3v) is 3.89. The highest BCUT2D eigenvalue weighted by molar-refractivity contribution is 7.89. The van der Waals surface area contributed by atoms with Crippen LogP contribution in [0, 0.1) is 0 Å². The highest BCUT2D eigenvalue weighted by Crippen LogP contribution is 2.35. The maximum absolute atomic E-state index is 12.2. The van der Waals surface area contributed by atoms with Crippen molar-refractivity contribution in [2.45, 2.75) is 23.8 Å². The molecule has 8 heteroatoms. The first-order valence-corrected chi connectivity index (χ1v) is 7.51. The summed E-state index contributed by atoms with van der Waals surface area (Å²) in [5.41, 5.74) is 0.0356. The quantitative estimate of drug-likeness (QED) is 0.810. The van der Waals surface area contributed by atoms with Crippen molar-refractivity contribution >= 4 is 15.9 Å². The lowest BCUT2D eigenvalue weighted by Crippen LogP contribution is -2.27. The normalized spacial score (nSPS) is 14.8. The lowest BCUT2D eigenvalue weighted by atomic mass is 10.1. The van der Waals surface area contributed by atoms with Crippen molar-refractivity contribution in [2.24, 2.45) is 5.14 Å². The van der Waals surface area contributed by atoms with Gasteiger partial charge < -0.3 is 14.8 Å². The molecule has 0 spiro atoms. The molecule has 0 unspecified atom stereocenters. The summed E-state index contributed by atoms with van der Waals surface area (Å²) in [7, 11) is -1.34. The van der Waals surface area contributed by atoms with E-state index >= 15 is 0 Å². The van der Waals surface area contributed by atoms with Gasteiger partial charge in [-0.2, -0.15) is 0 Å². The summed E-state index contributed by atoms with van der Waals surface area (Å²) in [6.45, 7) is 0. The van der Waals surface area contributed by atoms with Crippen molar-refractivity contribution in [2.75, 3.05) is 14.2 Å². The van der Waals surface area contributed by atoms with Gasteiger partial charge in [0.1, 0.15) is 16.2 Å². The van der Waals surface area contributed by atoms with Crippen LogP contribution in [0.2, 0.25) is 0 Å². The molecule has 2 rings (SSSR count). The molecule has 1 aliphatic carbocycles. The number of hydrogen-bond acceptors (Lipinski definition) is 5. The number of methoxy groups -OCH3 is 2. The van der Waals surface area contributed by atoms with E-state index in [0.29, 0.717) is 0 Å². The average Bonchev–Trinajstić information content (AvgIpc) is 3.19. The van der Waals surface area contributed by atoms with E-state index in [9.17, 15) is 13.2 Å². The molecule has 1 fully saturated rings. The lowest BCUT2D eigenvalue weighted by molar-refractivity contribution is 0.0944. The van der Waals surface area contributed by atoms with E-state index in [1.54, 1.807) is 0 Å². The van der Waals surface area contributed by atoms with Gasteiger partial charge in [-0.15, -0.1) is 0 Å². The third kappa shape index (κ3) is 2.86. The molecule has 1 aliphatic rings. The molecule has 0 bridgehead atoms. The van der Waals surface area contributed by atoms with Crippen LogP contribution < -0.4 is 19.9 Å². The van der Waals surface area contributed by atoms with Crippen molar-refractivity contribution in [1.29, 1.82) is 0 Å². The summed E-state index contributed by atoms with van der Waals surface area (Å²) in [6, 6.07) is 2.75. The van der Waals surface area contributed by atoms with Crippen molar-refractivity contribution in [3.05, 3.63) is 17.7 Å². The van der Waals surface area contributed by atoms with Gasteiger partial charge in [0, 0.05) is 6.04 Å². The molecule has 1 amide bonds. The Hall–Kier alpha value is -1.80. The summed E-state index contributed by atoms with van der Waals surface area (Å²) in [4.78, 5) is 12.0. The van der Waals surface area contributed by atoms with Gasteiger partial charge in [0.15, 0.2) is 5.75 Å². The van der Waals surface area contributed by atoms with E-state index in [-0.39, 0.29) is 28.0 Å². The molecule has 7 nitrogen and oxygen atoms in total. The number of nitrogens with two attached hydrogens (primary N) is 1. The molecule has 0 radical (unpaired) electrons. The largest absolute Gasteiger partial charge is 0.496 e. The minimum atomic E-state index is -4.00. The van der Waals surface area contributed by atoms with Gasteiger partial charge in [-0.05, 0) is 25.0 Å². The second-order valence-corrected chi connectivity index (χ2v) is 6.00. The molecule has 0 saturated heterocycles. The Balaban J connectivity index is 2.57. The number of ether oxygens (including phenoxy) is 2. The van der Waals surface area contributed by atoms with Crippen molar-refractivity contribution in [1.82, 2.24) is 5.32 Å². The van der Waals surface area contributed by atoms with Crippen LogP contribution in [0.15, 0.2) is 17.0 Å². The molecular weight excluding hydrogens is 284 g/mol. The Labute approximate surface area is 117 Å². The number of nitrogens with one attached hydrogen (secondary N) is 1. The fourth-order valence-electron chi connectivity index (χ4n) is 1.84. The number of carbonyl (C=O) groups excluding carboxylic acids is 1. The first-order chi connectivity index (χ1) is 9.38. The maximum Gasteiger partial charge on any atom is 0.259 e. The van der Waals surface area contributed by atoms with Gasteiger partial charge in [0.2, 0.25) is 10.0 Å². The van der Waals surface area contributed by atoms with Crippen LogP contribution >= 0.6 is 0 Å². The zero-order valence-corrected chi connectivity index (χ0v) is 12.0. The van der Waals surface area contributed by atoms with Crippen LogP contribution in [0.1, 0.15) is 23.2 Å². The molecule has 1 saturated carbocycles. The zero-order valence-electron chi connectivity index (χ0n) is 11.2. The molecule has 0 atom stereocenters. The molecule has 0 aliphatic heterocycles. The highest BCUT2D eigenvalue weighted by Gasteiger charge is 2.30. The summed E-state index contributed by atoms with van der Waals surface area (Å²) in [5, 5.41) is 7.89. The third-order valence-electron chi connectivity index (χ3n) is 2.95. The van der Waals surface area contributed by atoms with Gasteiger partial charge in [0.05, 0.1) is 14.2 Å². The molecule has 3 N–H and O–H groups in total. The molecule has 20 heavy (non-hydrogen) atoms. The predicted molar refractivity (Wildman–Crippen MR) is 71.4 cm³/mol. The molecular formula is C12H16N2O5S. The Morgan fingerprint density at radius 2 is 1.95 bits per heavy atom. The van der Waals surface area contributed by atoms with Crippen molar-refractivity contribution < 1.29 is 22.7 Å². The van der Waals surface area contributed by atoms with Crippen LogP contribution in [0.3, 0.4) is 0 Å². The van der Waals surface area contributed by atoms with Crippen LogP contribution in [0.25, 0.3) is 0 Å². The summed E-state index contributed by atoms with van der Waals surface area (Å²) in [6.07, 6.45) is 1.82. The minimum Gasteiger partial charge on any atom is -0.496 e. The number of sulfonamides is 1. The maximum atomic E-state index is 12.2. The Kier molecular flexibility index (Phi) is 3.87. The predicted octanol–water partition coefficient (Wildman–Crippen LogP) is 0.243. The number of benzene rings is 1. The summed E-state index contributed by atoms with van der Waals surface area (Å²) < 4.78 is 33.3. The highest BCUT2D eigenvalue weighted by atomic mass is 32.2. The fourth-order valence-corrected chi connectivity index (χ4v) is 2.54. The van der Waals surface area contributed by atoms with E-state index in [2.05, 4.69) is 5.32 Å². The van der Waals surface area contributed by atoms with Gasteiger partial charge >= 0.3 is 0 Å². The van der Waals surface area contributed by atoms with Crippen molar-refractivity contribution in [3.8, 4) is 11.5 Å². The van der Waals surface area contributed by atoms with E-state index < -0.39 is 15.9 Å². The average molecular weight is 300 g/mol. The van der Waals surface area contributed by atoms with E-state index in [4.69, 9.17) is 14.6 Å². The SMILES string of the molecule is COc1ccc(S(N)(=O)=O)c(OC)c1C(=O)NC1CC1. The molecule has 0 aromatic heterocycles. The van der Waals surface area contributed by atoms with Crippen LogP contribution in [-0.2, 0) is 10.0 Å². The van der Waals surface area contributed by atoms with E-state index in [0.717, 1.165) is 12.8 Å². The molecule has 1 aromatic carbocycles. The van der Waals surface area contributed by atoms with Gasteiger partial charge in [-0.1, -0.05) is 0 Å². The number of carbonyl (C=O) groups is 1. The summed E-state index contributed by atoms with van der Waals surface area (Å²) in [5.74, 6) is -0.316. The van der Waals surface area contributed by atoms with Gasteiger partial charge in [-0.3, -0.25) is 4.79 Å². The van der Waals surface area contributed by atoms with Gasteiger partial charge in [-0.25, -0.2) is 13.6 Å². The zero-order chi connectivity index (χ0) is 14.9. The second-order valence-electron chi connectivity index (χ2n) is 4.47. The number of amides is 1. The topological polar surface area (TPSA) is 108 Å². The molecule has 1 aromatic rings. The first kappa shape index (κ1) is 14.6. The second kappa shape index (κ2) is 5.29. The van der Waals surface area contributed by atoms with Gasteiger partial charge in [0.25, 0.3) is 5.91 Å². The fraction of sp³-hybridized carbons (Fsp3) is 0.417. The molecule has 110 valence electrons. The van der Waals surface area contributed by atoms with E-state index in [1.165, 1.54) is 26.4 Å². The number of rotatable bonds is 5. The molecule has 0 heterocycles. The smallest absolute Gasteiger partial charge is 0.259 e. The Morgan fingerprint density at radius 1 is 1.30 bits per heavy atom.